The number of amides is 1. The van der Waals surface area contributed by atoms with Crippen molar-refractivity contribution in [2.75, 3.05) is 11.9 Å². The Labute approximate surface area is 182 Å². The molecule has 1 N–H and O–H groups in total. The van der Waals surface area contributed by atoms with E-state index in [2.05, 4.69) is 24.4 Å². The smallest absolute Gasteiger partial charge is 0.256 e. The van der Waals surface area contributed by atoms with Gasteiger partial charge in [-0.2, -0.15) is 0 Å². The first kappa shape index (κ1) is 20.6. The Morgan fingerprint density at radius 3 is 2.29 bits per heavy atom. The fourth-order valence-corrected chi connectivity index (χ4v) is 3.96. The number of benzene rings is 3. The maximum Gasteiger partial charge on any atom is 0.256 e. The normalized spacial score (nSPS) is 10.8. The number of aryl methyl sites for hydroxylation is 3. The van der Waals surface area contributed by atoms with Crippen molar-refractivity contribution in [2.24, 2.45) is 0 Å². The topological polar surface area (TPSA) is 51.2 Å². The number of nitrogens with one attached hydrogen (secondary N) is 1. The molecule has 0 aliphatic rings. The van der Waals surface area contributed by atoms with Crippen LogP contribution >= 0.6 is 0 Å². The first-order chi connectivity index (χ1) is 15.0. The van der Waals surface area contributed by atoms with Gasteiger partial charge in [0.1, 0.15) is 5.75 Å². The summed E-state index contributed by atoms with van der Waals surface area (Å²) in [6.07, 6.45) is 0. The summed E-state index contributed by atoms with van der Waals surface area (Å²) in [6.45, 7) is 8.68. The highest BCUT2D eigenvalue weighted by atomic mass is 16.5. The number of pyridine rings is 1. The molecule has 156 valence electrons. The van der Waals surface area contributed by atoms with Crippen molar-refractivity contribution in [1.82, 2.24) is 4.98 Å². The molecule has 0 atom stereocenters. The van der Waals surface area contributed by atoms with Crippen molar-refractivity contribution >= 4 is 22.5 Å². The van der Waals surface area contributed by atoms with Crippen LogP contribution in [0.4, 0.5) is 5.69 Å². The fraction of sp³-hybridized carbons (Fsp3) is 0.185. The Balaban J connectivity index is 1.77. The van der Waals surface area contributed by atoms with Crippen LogP contribution in [0.2, 0.25) is 0 Å². The molecule has 0 fully saturated rings. The van der Waals surface area contributed by atoms with Crippen molar-refractivity contribution in [2.45, 2.75) is 27.7 Å². The number of rotatable bonds is 5. The van der Waals surface area contributed by atoms with E-state index in [9.17, 15) is 4.79 Å². The van der Waals surface area contributed by atoms with E-state index in [-0.39, 0.29) is 5.91 Å². The molecule has 1 aromatic heterocycles. The quantitative estimate of drug-likeness (QED) is 0.410. The van der Waals surface area contributed by atoms with Gasteiger partial charge in [-0.15, -0.1) is 0 Å². The summed E-state index contributed by atoms with van der Waals surface area (Å²) in [5.74, 6) is 0.677. The number of para-hydroxylation sites is 1. The zero-order valence-corrected chi connectivity index (χ0v) is 18.3. The molecular weight excluding hydrogens is 384 g/mol. The average Bonchev–Trinajstić information content (AvgIpc) is 2.76. The molecule has 0 aliphatic carbocycles. The lowest BCUT2D eigenvalue weighted by Gasteiger charge is -2.15. The lowest BCUT2D eigenvalue weighted by Crippen LogP contribution is -2.15. The number of nitrogens with zero attached hydrogens (tertiary/aromatic N) is 1. The van der Waals surface area contributed by atoms with Gasteiger partial charge in [-0.05, 0) is 75.2 Å². The summed E-state index contributed by atoms with van der Waals surface area (Å²) in [4.78, 5) is 18.2. The van der Waals surface area contributed by atoms with Crippen LogP contribution in [0.3, 0.4) is 0 Å². The van der Waals surface area contributed by atoms with Gasteiger partial charge in [0, 0.05) is 16.6 Å². The maximum absolute atomic E-state index is 13.4. The second-order valence-corrected chi connectivity index (χ2v) is 7.76. The van der Waals surface area contributed by atoms with Gasteiger partial charge in [0.15, 0.2) is 0 Å². The van der Waals surface area contributed by atoms with E-state index in [1.807, 2.05) is 75.4 Å². The summed E-state index contributed by atoms with van der Waals surface area (Å²) in [5.41, 5.74) is 7.23. The molecule has 4 nitrogen and oxygen atoms in total. The average molecular weight is 411 g/mol. The molecule has 0 spiro atoms. The van der Waals surface area contributed by atoms with Crippen LogP contribution in [0.15, 0.2) is 66.7 Å². The molecule has 0 saturated carbocycles. The number of ether oxygens (including phenoxy) is 1. The number of aromatic nitrogens is 1. The summed E-state index contributed by atoms with van der Waals surface area (Å²) in [7, 11) is 0. The van der Waals surface area contributed by atoms with Gasteiger partial charge in [0.05, 0.1) is 23.4 Å². The van der Waals surface area contributed by atoms with Crippen molar-refractivity contribution in [3.63, 3.8) is 0 Å². The number of fused-ring (bicyclic) bond motifs is 1. The van der Waals surface area contributed by atoms with E-state index in [0.29, 0.717) is 12.2 Å². The number of carbonyl (C=O) groups is 1. The molecular formula is C27H26N2O2. The summed E-state index contributed by atoms with van der Waals surface area (Å²) < 4.78 is 5.54. The highest BCUT2D eigenvalue weighted by molar-refractivity contribution is 6.13. The number of anilines is 1. The summed E-state index contributed by atoms with van der Waals surface area (Å²) in [6, 6.07) is 21.6. The number of carbonyl (C=O) groups excluding carboxylic acids is 1. The van der Waals surface area contributed by atoms with Crippen molar-refractivity contribution < 1.29 is 9.53 Å². The predicted molar refractivity (Wildman–Crippen MR) is 127 cm³/mol. The Morgan fingerprint density at radius 2 is 1.61 bits per heavy atom. The van der Waals surface area contributed by atoms with Crippen LogP contribution in [0, 0.1) is 20.8 Å². The van der Waals surface area contributed by atoms with E-state index in [1.165, 1.54) is 5.56 Å². The van der Waals surface area contributed by atoms with Crippen molar-refractivity contribution in [3.8, 4) is 17.0 Å². The molecule has 0 unspecified atom stereocenters. The highest BCUT2D eigenvalue weighted by Gasteiger charge is 2.16. The lowest BCUT2D eigenvalue weighted by molar-refractivity contribution is 0.102. The minimum atomic E-state index is -0.138. The summed E-state index contributed by atoms with van der Waals surface area (Å²) >= 11 is 0. The molecule has 0 bridgehead atoms. The number of hydrogen-bond acceptors (Lipinski definition) is 3. The minimum absolute atomic E-state index is 0.138. The molecule has 4 rings (SSSR count). The highest BCUT2D eigenvalue weighted by Crippen LogP contribution is 2.28. The van der Waals surface area contributed by atoms with Crippen molar-refractivity contribution in [1.29, 1.82) is 0 Å². The first-order valence-electron chi connectivity index (χ1n) is 10.5. The molecule has 4 aromatic rings. The molecule has 0 saturated heterocycles. The molecule has 1 amide bonds. The Bertz CT molecular complexity index is 1240. The second kappa shape index (κ2) is 8.60. The van der Waals surface area contributed by atoms with Gasteiger partial charge in [-0.1, -0.05) is 35.9 Å². The van der Waals surface area contributed by atoms with Crippen LogP contribution in [0.5, 0.6) is 5.75 Å². The molecule has 3 aromatic carbocycles. The molecule has 31 heavy (non-hydrogen) atoms. The predicted octanol–water partition coefficient (Wildman–Crippen LogP) is 6.48. The van der Waals surface area contributed by atoms with E-state index in [1.54, 1.807) is 0 Å². The van der Waals surface area contributed by atoms with E-state index in [4.69, 9.17) is 9.72 Å². The van der Waals surface area contributed by atoms with Gasteiger partial charge in [0.2, 0.25) is 0 Å². The monoisotopic (exact) mass is 410 g/mol. The van der Waals surface area contributed by atoms with Gasteiger partial charge in [-0.25, -0.2) is 4.98 Å². The fourth-order valence-electron chi connectivity index (χ4n) is 3.96. The zero-order valence-electron chi connectivity index (χ0n) is 18.3. The Hall–Kier alpha value is -3.66. The third kappa shape index (κ3) is 4.29. The minimum Gasteiger partial charge on any atom is -0.494 e. The zero-order chi connectivity index (χ0) is 22.0. The van der Waals surface area contributed by atoms with Gasteiger partial charge in [-0.3, -0.25) is 4.79 Å². The maximum atomic E-state index is 13.4. The van der Waals surface area contributed by atoms with E-state index >= 15 is 0 Å². The Kier molecular flexibility index (Phi) is 5.72. The lowest BCUT2D eigenvalue weighted by atomic mass is 10.0. The van der Waals surface area contributed by atoms with Crippen LogP contribution < -0.4 is 10.1 Å². The van der Waals surface area contributed by atoms with E-state index < -0.39 is 0 Å². The van der Waals surface area contributed by atoms with Gasteiger partial charge < -0.3 is 10.1 Å². The van der Waals surface area contributed by atoms with Crippen molar-refractivity contribution in [3.05, 3.63) is 89.0 Å². The van der Waals surface area contributed by atoms with Gasteiger partial charge in [0.25, 0.3) is 5.91 Å². The summed E-state index contributed by atoms with van der Waals surface area (Å²) in [5, 5.41) is 3.96. The molecule has 1 heterocycles. The first-order valence-corrected chi connectivity index (χ1v) is 10.5. The molecule has 0 radical (unpaired) electrons. The SMILES string of the molecule is CCOc1ccc(-c2cc(C(=O)Nc3c(C)cc(C)cc3C)c3ccccc3n2)cc1. The third-order valence-corrected chi connectivity index (χ3v) is 5.34. The molecule has 4 heteroatoms. The number of hydrogen-bond donors (Lipinski definition) is 1. The van der Waals surface area contributed by atoms with Gasteiger partial charge >= 0.3 is 0 Å². The molecule has 0 aliphatic heterocycles. The Morgan fingerprint density at radius 1 is 0.935 bits per heavy atom. The third-order valence-electron chi connectivity index (χ3n) is 5.34. The largest absolute Gasteiger partial charge is 0.494 e. The second-order valence-electron chi connectivity index (χ2n) is 7.76. The van der Waals surface area contributed by atoms with E-state index in [0.717, 1.165) is 44.7 Å². The van der Waals surface area contributed by atoms with Crippen LogP contribution in [-0.2, 0) is 0 Å². The van der Waals surface area contributed by atoms with Crippen LogP contribution in [0.25, 0.3) is 22.2 Å². The standard InChI is InChI=1S/C27H26N2O2/c1-5-31-21-12-10-20(11-13-21)25-16-23(22-8-6-7-9-24(22)28-25)27(30)29-26-18(3)14-17(2)15-19(26)4/h6-16H,5H2,1-4H3,(H,29,30). The van der Waals surface area contributed by atoms with Crippen LogP contribution in [-0.4, -0.2) is 17.5 Å². The van der Waals surface area contributed by atoms with Crippen LogP contribution in [0.1, 0.15) is 34.0 Å².